The summed E-state index contributed by atoms with van der Waals surface area (Å²) in [7, 11) is 0. The molecule has 4 rings (SSSR count). The SMILES string of the molecule is Clc1cccc(N/N=C\c2cn(-c3ccccc3)nc2-c2ccc(Br)cc2)c1. The van der Waals surface area contributed by atoms with Crippen molar-refractivity contribution in [3.63, 3.8) is 0 Å². The highest BCUT2D eigenvalue weighted by molar-refractivity contribution is 9.10. The number of nitrogens with zero attached hydrogens (tertiary/aromatic N) is 3. The molecule has 138 valence electrons. The maximum atomic E-state index is 6.02. The molecular weight excluding hydrogens is 436 g/mol. The van der Waals surface area contributed by atoms with Crippen LogP contribution in [0.4, 0.5) is 5.69 Å². The van der Waals surface area contributed by atoms with Crippen LogP contribution in [0.25, 0.3) is 16.9 Å². The summed E-state index contributed by atoms with van der Waals surface area (Å²) in [5.74, 6) is 0. The Labute approximate surface area is 176 Å². The van der Waals surface area contributed by atoms with Crippen molar-refractivity contribution in [3.05, 3.63) is 100 Å². The lowest BCUT2D eigenvalue weighted by molar-refractivity contribution is 0.884. The van der Waals surface area contributed by atoms with Crippen LogP contribution in [0.15, 0.2) is 94.6 Å². The average Bonchev–Trinajstić information content (AvgIpc) is 3.13. The van der Waals surface area contributed by atoms with Gasteiger partial charge in [-0.3, -0.25) is 5.43 Å². The highest BCUT2D eigenvalue weighted by Gasteiger charge is 2.11. The number of para-hydroxylation sites is 1. The van der Waals surface area contributed by atoms with E-state index in [2.05, 4.69) is 26.5 Å². The minimum atomic E-state index is 0.660. The van der Waals surface area contributed by atoms with E-state index >= 15 is 0 Å². The van der Waals surface area contributed by atoms with Gasteiger partial charge < -0.3 is 0 Å². The molecule has 0 bridgehead atoms. The summed E-state index contributed by atoms with van der Waals surface area (Å²) >= 11 is 9.50. The number of rotatable bonds is 5. The van der Waals surface area contributed by atoms with E-state index in [1.165, 1.54) is 0 Å². The van der Waals surface area contributed by atoms with E-state index in [0.717, 1.165) is 32.7 Å². The summed E-state index contributed by atoms with van der Waals surface area (Å²) in [4.78, 5) is 0. The maximum Gasteiger partial charge on any atom is 0.102 e. The van der Waals surface area contributed by atoms with Gasteiger partial charge in [-0.25, -0.2) is 4.68 Å². The number of hydrogen-bond donors (Lipinski definition) is 1. The van der Waals surface area contributed by atoms with Gasteiger partial charge in [-0.2, -0.15) is 10.2 Å². The normalized spacial score (nSPS) is 11.1. The van der Waals surface area contributed by atoms with Gasteiger partial charge in [-0.1, -0.05) is 63.9 Å². The lowest BCUT2D eigenvalue weighted by Crippen LogP contribution is -1.93. The van der Waals surface area contributed by atoms with Crippen LogP contribution in [-0.4, -0.2) is 16.0 Å². The zero-order valence-corrected chi connectivity index (χ0v) is 17.1. The third-order valence-electron chi connectivity index (χ3n) is 4.10. The first kappa shape index (κ1) is 18.5. The molecule has 0 saturated carbocycles. The summed E-state index contributed by atoms with van der Waals surface area (Å²) in [6, 6.07) is 25.5. The predicted molar refractivity (Wildman–Crippen MR) is 119 cm³/mol. The second-order valence-electron chi connectivity index (χ2n) is 6.10. The van der Waals surface area contributed by atoms with Crippen molar-refractivity contribution in [2.24, 2.45) is 5.10 Å². The first-order chi connectivity index (χ1) is 13.7. The third kappa shape index (κ3) is 4.32. The summed E-state index contributed by atoms with van der Waals surface area (Å²) in [6.45, 7) is 0. The number of anilines is 1. The molecule has 1 aromatic heterocycles. The number of aromatic nitrogens is 2. The standard InChI is InChI=1S/C22H16BrClN4/c23-18-11-9-16(10-12-18)22-17(14-25-26-20-6-4-5-19(24)13-20)15-28(27-22)21-7-2-1-3-8-21/h1-15,26H/b25-14-. The minimum absolute atomic E-state index is 0.660. The van der Waals surface area contributed by atoms with E-state index in [-0.39, 0.29) is 0 Å². The van der Waals surface area contributed by atoms with Crippen molar-refractivity contribution < 1.29 is 0 Å². The molecule has 0 aliphatic carbocycles. The van der Waals surface area contributed by atoms with Crippen molar-refractivity contribution in [3.8, 4) is 16.9 Å². The minimum Gasteiger partial charge on any atom is -0.278 e. The molecule has 3 aromatic carbocycles. The molecule has 0 saturated heterocycles. The molecule has 1 N–H and O–H groups in total. The van der Waals surface area contributed by atoms with Crippen LogP contribution in [0.3, 0.4) is 0 Å². The first-order valence-electron chi connectivity index (χ1n) is 8.65. The molecule has 28 heavy (non-hydrogen) atoms. The highest BCUT2D eigenvalue weighted by atomic mass is 79.9. The Kier molecular flexibility index (Phi) is 5.55. The second kappa shape index (κ2) is 8.42. The highest BCUT2D eigenvalue weighted by Crippen LogP contribution is 2.24. The monoisotopic (exact) mass is 450 g/mol. The molecule has 0 radical (unpaired) electrons. The van der Waals surface area contributed by atoms with Crippen LogP contribution in [0.2, 0.25) is 5.02 Å². The van der Waals surface area contributed by atoms with Crippen LogP contribution in [0.1, 0.15) is 5.56 Å². The molecule has 0 spiro atoms. The van der Waals surface area contributed by atoms with Crippen molar-refractivity contribution in [2.75, 3.05) is 5.43 Å². The fraction of sp³-hybridized carbons (Fsp3) is 0. The zero-order valence-electron chi connectivity index (χ0n) is 14.8. The van der Waals surface area contributed by atoms with Gasteiger partial charge >= 0.3 is 0 Å². The van der Waals surface area contributed by atoms with Crippen molar-refractivity contribution in [1.29, 1.82) is 0 Å². The third-order valence-corrected chi connectivity index (χ3v) is 4.87. The van der Waals surface area contributed by atoms with Gasteiger partial charge in [0.1, 0.15) is 5.69 Å². The molecule has 0 atom stereocenters. The topological polar surface area (TPSA) is 42.2 Å². The molecule has 6 heteroatoms. The molecule has 4 aromatic rings. The number of hydrogen-bond acceptors (Lipinski definition) is 3. The van der Waals surface area contributed by atoms with Gasteiger partial charge in [0.25, 0.3) is 0 Å². The van der Waals surface area contributed by atoms with Crippen LogP contribution in [0, 0.1) is 0 Å². The summed E-state index contributed by atoms with van der Waals surface area (Å²) in [5.41, 5.74) is 7.60. The Morgan fingerprint density at radius 2 is 1.75 bits per heavy atom. The van der Waals surface area contributed by atoms with Gasteiger partial charge in [-0.15, -0.1) is 0 Å². The van der Waals surface area contributed by atoms with Crippen LogP contribution < -0.4 is 5.43 Å². The van der Waals surface area contributed by atoms with Gasteiger partial charge in [-0.05, 0) is 42.5 Å². The summed E-state index contributed by atoms with van der Waals surface area (Å²) < 4.78 is 2.88. The maximum absolute atomic E-state index is 6.02. The van der Waals surface area contributed by atoms with E-state index in [4.69, 9.17) is 16.7 Å². The Morgan fingerprint density at radius 1 is 0.964 bits per heavy atom. The summed E-state index contributed by atoms with van der Waals surface area (Å²) in [6.07, 6.45) is 3.74. The molecule has 0 aliphatic heterocycles. The van der Waals surface area contributed by atoms with Gasteiger partial charge in [0.05, 0.1) is 17.6 Å². The molecule has 0 aliphatic rings. The smallest absolute Gasteiger partial charge is 0.102 e. The molecule has 0 fully saturated rings. The van der Waals surface area contributed by atoms with Crippen molar-refractivity contribution in [1.82, 2.24) is 9.78 Å². The number of halogens is 2. The molecular formula is C22H16BrClN4. The van der Waals surface area contributed by atoms with E-state index in [1.807, 2.05) is 89.7 Å². The summed E-state index contributed by atoms with van der Waals surface area (Å²) in [5, 5.41) is 9.81. The lowest BCUT2D eigenvalue weighted by atomic mass is 10.1. The Bertz CT molecular complexity index is 1110. The Hall–Kier alpha value is -2.89. The fourth-order valence-corrected chi connectivity index (χ4v) is 3.22. The second-order valence-corrected chi connectivity index (χ2v) is 7.45. The number of hydrazone groups is 1. The van der Waals surface area contributed by atoms with Crippen LogP contribution in [0.5, 0.6) is 0 Å². The first-order valence-corrected chi connectivity index (χ1v) is 9.82. The molecule has 0 amide bonds. The van der Waals surface area contributed by atoms with Crippen molar-refractivity contribution >= 4 is 39.4 Å². The Balaban J connectivity index is 1.68. The average molecular weight is 452 g/mol. The zero-order chi connectivity index (χ0) is 19.3. The van der Waals surface area contributed by atoms with Gasteiger partial charge in [0.2, 0.25) is 0 Å². The fourth-order valence-electron chi connectivity index (χ4n) is 2.76. The molecule has 0 unspecified atom stereocenters. The van der Waals surface area contributed by atoms with E-state index in [0.29, 0.717) is 5.02 Å². The van der Waals surface area contributed by atoms with E-state index in [9.17, 15) is 0 Å². The van der Waals surface area contributed by atoms with Crippen LogP contribution in [-0.2, 0) is 0 Å². The quantitative estimate of drug-likeness (QED) is 0.282. The largest absolute Gasteiger partial charge is 0.278 e. The predicted octanol–water partition coefficient (Wildman–Crippen LogP) is 6.40. The number of benzene rings is 3. The molecule has 1 heterocycles. The van der Waals surface area contributed by atoms with Crippen LogP contribution >= 0.6 is 27.5 Å². The van der Waals surface area contributed by atoms with Crippen molar-refractivity contribution in [2.45, 2.75) is 0 Å². The van der Waals surface area contributed by atoms with E-state index in [1.54, 1.807) is 6.21 Å². The lowest BCUT2D eigenvalue weighted by Gasteiger charge is -2.01. The molecule has 4 nitrogen and oxygen atoms in total. The van der Waals surface area contributed by atoms with Gasteiger partial charge in [0.15, 0.2) is 0 Å². The van der Waals surface area contributed by atoms with E-state index < -0.39 is 0 Å². The number of nitrogens with one attached hydrogen (secondary N) is 1. The van der Waals surface area contributed by atoms with Gasteiger partial charge in [0, 0.05) is 26.8 Å². The Morgan fingerprint density at radius 3 is 2.50 bits per heavy atom.